The lowest BCUT2D eigenvalue weighted by atomic mass is 9.81. The molecule has 1 aromatic rings. The van der Waals surface area contributed by atoms with Crippen LogP contribution in [0.4, 0.5) is 0 Å². The Balaban J connectivity index is 2.45. The molecular formula is C14H19ClN2O3. The molecule has 0 saturated carbocycles. The van der Waals surface area contributed by atoms with Crippen molar-refractivity contribution in [3.05, 3.63) is 44.7 Å². The molecule has 1 aliphatic heterocycles. The minimum atomic E-state index is -0.485. The van der Waals surface area contributed by atoms with Gasteiger partial charge in [-0.15, -0.1) is 0 Å². The highest BCUT2D eigenvalue weighted by atomic mass is 35.5. The first-order chi connectivity index (χ1) is 9.45. The molecule has 0 radical (unpaired) electrons. The van der Waals surface area contributed by atoms with Crippen molar-refractivity contribution in [1.82, 2.24) is 9.55 Å². The first kappa shape index (κ1) is 15.1. The molecule has 4 unspecified atom stereocenters. The Kier molecular flexibility index (Phi) is 4.20. The zero-order valence-electron chi connectivity index (χ0n) is 11.8. The largest absolute Gasteiger partial charge is 0.347 e. The van der Waals surface area contributed by atoms with Crippen LogP contribution in [0.1, 0.15) is 33.4 Å². The van der Waals surface area contributed by atoms with Gasteiger partial charge >= 0.3 is 5.69 Å². The molecule has 0 aromatic carbocycles. The number of ether oxygens (including phenoxy) is 1. The van der Waals surface area contributed by atoms with Gasteiger partial charge in [-0.25, -0.2) is 4.79 Å². The van der Waals surface area contributed by atoms with Crippen LogP contribution in [0.3, 0.4) is 0 Å². The van der Waals surface area contributed by atoms with Gasteiger partial charge < -0.3 is 4.74 Å². The van der Waals surface area contributed by atoms with Crippen LogP contribution in [0, 0.1) is 11.8 Å². The van der Waals surface area contributed by atoms with Crippen LogP contribution in [0.25, 0.3) is 0 Å². The summed E-state index contributed by atoms with van der Waals surface area (Å²) < 4.78 is 7.57. The smallest absolute Gasteiger partial charge is 0.330 e. The lowest BCUT2D eigenvalue weighted by Gasteiger charge is -2.28. The normalized spacial score (nSPS) is 33.9. The second-order valence-electron chi connectivity index (χ2n) is 5.27. The van der Waals surface area contributed by atoms with E-state index in [0.717, 1.165) is 6.42 Å². The van der Waals surface area contributed by atoms with Crippen molar-refractivity contribution in [3.8, 4) is 0 Å². The van der Waals surface area contributed by atoms with E-state index in [9.17, 15) is 9.59 Å². The average molecular weight is 299 g/mol. The van der Waals surface area contributed by atoms with Crippen LogP contribution < -0.4 is 11.2 Å². The maximum atomic E-state index is 11.9. The Morgan fingerprint density at radius 1 is 1.50 bits per heavy atom. The molecular weight excluding hydrogens is 280 g/mol. The molecule has 0 amide bonds. The summed E-state index contributed by atoms with van der Waals surface area (Å²) in [6.07, 6.45) is 3.66. The number of hydrogen-bond donors (Lipinski definition) is 1. The van der Waals surface area contributed by atoms with Gasteiger partial charge in [-0.3, -0.25) is 14.3 Å². The van der Waals surface area contributed by atoms with Crippen LogP contribution in [-0.4, -0.2) is 15.2 Å². The summed E-state index contributed by atoms with van der Waals surface area (Å²) in [5.74, 6) is 0.317. The number of nitrogens with zero attached hydrogens (tertiary/aromatic N) is 1. The van der Waals surface area contributed by atoms with Crippen molar-refractivity contribution < 1.29 is 4.74 Å². The summed E-state index contributed by atoms with van der Waals surface area (Å²) >= 11 is 5.73. The molecule has 1 fully saturated rings. The molecule has 0 aliphatic carbocycles. The fourth-order valence-corrected chi connectivity index (χ4v) is 3.10. The van der Waals surface area contributed by atoms with E-state index in [-0.39, 0.29) is 11.8 Å². The third-order valence-electron chi connectivity index (χ3n) is 4.37. The SMILES string of the molecule is CCC1(/C=C/Cl)OC(n2ccc(=O)[nH]c2=O)C(C)C1C. The molecule has 0 spiro atoms. The molecule has 110 valence electrons. The predicted molar refractivity (Wildman–Crippen MR) is 77.8 cm³/mol. The van der Waals surface area contributed by atoms with E-state index in [0.29, 0.717) is 0 Å². The van der Waals surface area contributed by atoms with Gasteiger partial charge in [0.2, 0.25) is 0 Å². The second kappa shape index (κ2) is 5.58. The Bertz CT molecular complexity index is 621. The van der Waals surface area contributed by atoms with E-state index in [2.05, 4.69) is 11.9 Å². The summed E-state index contributed by atoms with van der Waals surface area (Å²) in [5, 5.41) is 0. The van der Waals surface area contributed by atoms with Crippen LogP contribution in [0.15, 0.2) is 33.5 Å². The van der Waals surface area contributed by atoms with Crippen molar-refractivity contribution in [2.24, 2.45) is 11.8 Å². The van der Waals surface area contributed by atoms with Crippen LogP contribution >= 0.6 is 11.6 Å². The molecule has 2 heterocycles. The molecule has 1 saturated heterocycles. The number of rotatable bonds is 3. The molecule has 0 bridgehead atoms. The first-order valence-corrected chi connectivity index (χ1v) is 7.16. The zero-order chi connectivity index (χ0) is 14.9. The molecule has 5 nitrogen and oxygen atoms in total. The highest BCUT2D eigenvalue weighted by Crippen LogP contribution is 2.47. The Morgan fingerprint density at radius 3 is 2.75 bits per heavy atom. The summed E-state index contributed by atoms with van der Waals surface area (Å²) in [6.45, 7) is 6.15. The maximum Gasteiger partial charge on any atom is 0.330 e. The Morgan fingerprint density at radius 2 is 2.20 bits per heavy atom. The van der Waals surface area contributed by atoms with Crippen molar-refractivity contribution >= 4 is 11.6 Å². The maximum absolute atomic E-state index is 11.9. The van der Waals surface area contributed by atoms with E-state index in [1.165, 1.54) is 22.4 Å². The van der Waals surface area contributed by atoms with Gasteiger partial charge in [0, 0.05) is 23.7 Å². The molecule has 1 aromatic heterocycles. The molecule has 1 N–H and O–H groups in total. The second-order valence-corrected chi connectivity index (χ2v) is 5.53. The van der Waals surface area contributed by atoms with Crippen LogP contribution in [0.2, 0.25) is 0 Å². The summed E-state index contributed by atoms with van der Waals surface area (Å²) in [4.78, 5) is 25.3. The van der Waals surface area contributed by atoms with E-state index >= 15 is 0 Å². The first-order valence-electron chi connectivity index (χ1n) is 6.72. The quantitative estimate of drug-likeness (QED) is 0.931. The number of H-pyrrole nitrogens is 1. The molecule has 20 heavy (non-hydrogen) atoms. The monoisotopic (exact) mass is 298 g/mol. The van der Waals surface area contributed by atoms with Gasteiger partial charge in [0.05, 0.1) is 5.60 Å². The number of aromatic nitrogens is 2. The summed E-state index contributed by atoms with van der Waals surface area (Å²) in [5.41, 5.74) is 0.113. The van der Waals surface area contributed by atoms with Gasteiger partial charge in [-0.05, 0) is 18.4 Å². The Hall–Kier alpha value is -1.33. The lowest BCUT2D eigenvalue weighted by molar-refractivity contribution is -0.0610. The third-order valence-corrected chi connectivity index (χ3v) is 4.50. The van der Waals surface area contributed by atoms with Crippen molar-refractivity contribution in [1.29, 1.82) is 0 Å². The zero-order valence-corrected chi connectivity index (χ0v) is 12.6. The lowest BCUT2D eigenvalue weighted by Crippen LogP contribution is -2.34. The van der Waals surface area contributed by atoms with E-state index in [4.69, 9.17) is 16.3 Å². The van der Waals surface area contributed by atoms with Gasteiger partial charge in [-0.1, -0.05) is 32.4 Å². The van der Waals surface area contributed by atoms with Crippen LogP contribution in [-0.2, 0) is 4.74 Å². The van der Waals surface area contributed by atoms with Gasteiger partial charge in [0.15, 0.2) is 0 Å². The fourth-order valence-electron chi connectivity index (χ4n) is 2.89. The van der Waals surface area contributed by atoms with Crippen molar-refractivity contribution in [3.63, 3.8) is 0 Å². The fraction of sp³-hybridized carbons (Fsp3) is 0.571. The van der Waals surface area contributed by atoms with Gasteiger partial charge in [0.1, 0.15) is 6.23 Å². The molecule has 1 aliphatic rings. The number of halogens is 1. The third kappa shape index (κ3) is 2.36. The van der Waals surface area contributed by atoms with E-state index in [1.54, 1.807) is 0 Å². The van der Waals surface area contributed by atoms with Crippen molar-refractivity contribution in [2.45, 2.75) is 39.0 Å². The highest BCUT2D eigenvalue weighted by Gasteiger charge is 2.49. The standard InChI is InChI=1S/C14H19ClN2O3/c1-4-14(6-7-15)10(3)9(2)12(20-14)17-8-5-11(18)16-13(17)19/h5-10,12H,4H2,1-3H3,(H,16,18,19)/b7-6+. The van der Waals surface area contributed by atoms with E-state index in [1.807, 2.05) is 19.9 Å². The molecule has 4 atom stereocenters. The number of hydrogen-bond acceptors (Lipinski definition) is 3. The van der Waals surface area contributed by atoms with E-state index < -0.39 is 23.1 Å². The molecule has 2 rings (SSSR count). The predicted octanol–water partition coefficient (Wildman–Crippen LogP) is 2.24. The summed E-state index contributed by atoms with van der Waals surface area (Å²) in [6, 6.07) is 1.32. The topological polar surface area (TPSA) is 64.1 Å². The summed E-state index contributed by atoms with van der Waals surface area (Å²) in [7, 11) is 0. The Labute approximate surface area is 122 Å². The minimum absolute atomic E-state index is 0.117. The van der Waals surface area contributed by atoms with Crippen LogP contribution in [0.5, 0.6) is 0 Å². The molecule has 6 heteroatoms. The highest BCUT2D eigenvalue weighted by molar-refractivity contribution is 6.25. The minimum Gasteiger partial charge on any atom is -0.347 e. The van der Waals surface area contributed by atoms with Crippen molar-refractivity contribution in [2.75, 3.05) is 0 Å². The number of nitrogens with one attached hydrogen (secondary N) is 1. The van der Waals surface area contributed by atoms with Gasteiger partial charge in [0.25, 0.3) is 5.56 Å². The van der Waals surface area contributed by atoms with Gasteiger partial charge in [-0.2, -0.15) is 0 Å². The number of aromatic amines is 1. The average Bonchev–Trinajstić information content (AvgIpc) is 2.65.